The lowest BCUT2D eigenvalue weighted by atomic mass is 10.2. The van der Waals surface area contributed by atoms with Gasteiger partial charge in [0.25, 0.3) is 5.91 Å². The Balaban J connectivity index is 1.86. The van der Waals surface area contributed by atoms with E-state index in [1.807, 2.05) is 36.4 Å². The van der Waals surface area contributed by atoms with Crippen LogP contribution in [0.2, 0.25) is 0 Å². The highest BCUT2D eigenvalue weighted by atomic mass is 16.5. The molecule has 0 aliphatic rings. The van der Waals surface area contributed by atoms with Crippen LogP contribution in [0.15, 0.2) is 54.6 Å². The Labute approximate surface area is 146 Å². The largest absolute Gasteiger partial charge is 0.457 e. The van der Waals surface area contributed by atoms with E-state index in [1.54, 1.807) is 31.3 Å². The van der Waals surface area contributed by atoms with Crippen molar-refractivity contribution in [2.75, 3.05) is 20.2 Å². The van der Waals surface area contributed by atoms with Gasteiger partial charge in [-0.05, 0) is 36.4 Å². The van der Waals surface area contributed by atoms with E-state index in [4.69, 9.17) is 14.7 Å². The molecular weight excluding hydrogens is 320 g/mol. The summed E-state index contributed by atoms with van der Waals surface area (Å²) in [5.41, 5.74) is 0.327. The van der Waals surface area contributed by atoms with Crippen LogP contribution in [-0.2, 0) is 9.53 Å². The predicted octanol–water partition coefficient (Wildman–Crippen LogP) is 3.01. The number of nitrogens with zero attached hydrogens (tertiary/aromatic N) is 2. The molecule has 0 aliphatic heterocycles. The first-order chi connectivity index (χ1) is 12.1. The van der Waals surface area contributed by atoms with Crippen molar-refractivity contribution < 1.29 is 19.1 Å². The zero-order valence-electron chi connectivity index (χ0n) is 13.8. The Bertz CT molecular complexity index is 751. The van der Waals surface area contributed by atoms with Gasteiger partial charge in [0.1, 0.15) is 11.5 Å². The summed E-state index contributed by atoms with van der Waals surface area (Å²) in [4.78, 5) is 25.1. The number of hydrogen-bond donors (Lipinski definition) is 0. The van der Waals surface area contributed by atoms with Crippen molar-refractivity contribution in [2.24, 2.45) is 0 Å². The highest BCUT2D eigenvalue weighted by molar-refractivity contribution is 5.91. The van der Waals surface area contributed by atoms with Crippen molar-refractivity contribution in [2.45, 2.75) is 6.42 Å². The molecule has 0 radical (unpaired) electrons. The van der Waals surface area contributed by atoms with E-state index in [0.717, 1.165) is 0 Å². The van der Waals surface area contributed by atoms with Crippen LogP contribution >= 0.6 is 0 Å². The van der Waals surface area contributed by atoms with Crippen molar-refractivity contribution in [3.8, 4) is 17.6 Å². The lowest BCUT2D eigenvalue weighted by Gasteiger charge is -2.15. The molecule has 2 rings (SSSR count). The topological polar surface area (TPSA) is 79.6 Å². The molecule has 0 heterocycles. The SMILES string of the molecule is CN(CCC#N)C(=O)COC(=O)c1ccc(Oc2ccccc2)cc1. The molecule has 0 bridgehead atoms. The minimum Gasteiger partial charge on any atom is -0.457 e. The molecule has 0 aromatic heterocycles. The van der Waals surface area contributed by atoms with E-state index in [-0.39, 0.29) is 18.9 Å². The Morgan fingerprint density at radius 2 is 1.68 bits per heavy atom. The van der Waals surface area contributed by atoms with Crippen LogP contribution < -0.4 is 4.74 Å². The summed E-state index contributed by atoms with van der Waals surface area (Å²) in [7, 11) is 1.56. The summed E-state index contributed by atoms with van der Waals surface area (Å²) in [6, 6.07) is 17.7. The maximum absolute atomic E-state index is 12.0. The molecule has 0 unspecified atom stereocenters. The Morgan fingerprint density at radius 1 is 1.04 bits per heavy atom. The molecule has 0 fully saturated rings. The molecular formula is C19H18N2O4. The van der Waals surface area contributed by atoms with Gasteiger partial charge in [-0.25, -0.2) is 4.79 Å². The van der Waals surface area contributed by atoms with Crippen molar-refractivity contribution in [3.05, 3.63) is 60.2 Å². The molecule has 0 saturated heterocycles. The van der Waals surface area contributed by atoms with Crippen LogP contribution in [0.5, 0.6) is 11.5 Å². The molecule has 1 amide bonds. The third-order valence-electron chi connectivity index (χ3n) is 3.38. The molecule has 0 aliphatic carbocycles. The van der Waals surface area contributed by atoms with Crippen LogP contribution in [0.4, 0.5) is 0 Å². The van der Waals surface area contributed by atoms with Gasteiger partial charge < -0.3 is 14.4 Å². The van der Waals surface area contributed by atoms with Gasteiger partial charge in [0.2, 0.25) is 0 Å². The van der Waals surface area contributed by atoms with E-state index in [1.165, 1.54) is 4.90 Å². The van der Waals surface area contributed by atoms with E-state index in [9.17, 15) is 9.59 Å². The van der Waals surface area contributed by atoms with Gasteiger partial charge in [-0.15, -0.1) is 0 Å². The number of para-hydroxylation sites is 1. The highest BCUT2D eigenvalue weighted by Gasteiger charge is 2.13. The second-order valence-corrected chi connectivity index (χ2v) is 5.24. The molecule has 0 saturated carbocycles. The summed E-state index contributed by atoms with van der Waals surface area (Å²) >= 11 is 0. The quantitative estimate of drug-likeness (QED) is 0.725. The third kappa shape index (κ3) is 5.66. The summed E-state index contributed by atoms with van der Waals surface area (Å²) in [5, 5.41) is 8.50. The number of amides is 1. The van der Waals surface area contributed by atoms with E-state index < -0.39 is 5.97 Å². The predicted molar refractivity (Wildman–Crippen MR) is 91.1 cm³/mol. The number of carbonyl (C=O) groups excluding carboxylic acids is 2. The number of carbonyl (C=O) groups is 2. The maximum atomic E-state index is 12.0. The fourth-order valence-electron chi connectivity index (χ4n) is 1.95. The summed E-state index contributed by atoms with van der Waals surface area (Å²) in [6.45, 7) is -0.0541. The number of likely N-dealkylation sites (N-methyl/N-ethyl adjacent to an activating group) is 1. The minimum absolute atomic E-state index is 0.235. The molecule has 0 N–H and O–H groups in total. The summed E-state index contributed by atoms with van der Waals surface area (Å²) in [5.74, 6) is 0.347. The third-order valence-corrected chi connectivity index (χ3v) is 3.38. The van der Waals surface area contributed by atoms with Gasteiger partial charge in [0.05, 0.1) is 18.1 Å². The van der Waals surface area contributed by atoms with E-state index in [0.29, 0.717) is 23.6 Å². The fourth-order valence-corrected chi connectivity index (χ4v) is 1.95. The van der Waals surface area contributed by atoms with Crippen molar-refractivity contribution in [1.29, 1.82) is 5.26 Å². The van der Waals surface area contributed by atoms with Crippen molar-refractivity contribution in [3.63, 3.8) is 0 Å². The summed E-state index contributed by atoms with van der Waals surface area (Å²) in [6.07, 6.45) is 0.235. The fraction of sp³-hybridized carbons (Fsp3) is 0.211. The molecule has 0 atom stereocenters. The van der Waals surface area contributed by atoms with Crippen LogP contribution in [0, 0.1) is 11.3 Å². The number of benzene rings is 2. The van der Waals surface area contributed by atoms with Gasteiger partial charge in [0, 0.05) is 13.6 Å². The van der Waals surface area contributed by atoms with Gasteiger partial charge in [-0.3, -0.25) is 4.79 Å². The van der Waals surface area contributed by atoms with Crippen molar-refractivity contribution in [1.82, 2.24) is 4.90 Å². The highest BCUT2D eigenvalue weighted by Crippen LogP contribution is 2.21. The second kappa shape index (κ2) is 9.08. The monoisotopic (exact) mass is 338 g/mol. The lowest BCUT2D eigenvalue weighted by molar-refractivity contribution is -0.133. The van der Waals surface area contributed by atoms with Gasteiger partial charge in [0.15, 0.2) is 6.61 Å². The van der Waals surface area contributed by atoms with E-state index >= 15 is 0 Å². The zero-order chi connectivity index (χ0) is 18.1. The molecule has 6 nitrogen and oxygen atoms in total. The Kier molecular flexibility index (Phi) is 6.55. The van der Waals surface area contributed by atoms with E-state index in [2.05, 4.69) is 0 Å². The van der Waals surface area contributed by atoms with Crippen LogP contribution in [0.3, 0.4) is 0 Å². The number of hydrogen-bond acceptors (Lipinski definition) is 5. The normalized spacial score (nSPS) is 9.76. The maximum Gasteiger partial charge on any atom is 0.338 e. The number of nitriles is 1. The molecule has 128 valence electrons. The first kappa shape index (κ1) is 18.0. The zero-order valence-corrected chi connectivity index (χ0v) is 13.8. The van der Waals surface area contributed by atoms with Crippen molar-refractivity contribution >= 4 is 11.9 Å². The molecule has 6 heteroatoms. The minimum atomic E-state index is -0.590. The lowest BCUT2D eigenvalue weighted by Crippen LogP contribution is -2.31. The van der Waals surface area contributed by atoms with Crippen LogP contribution in [-0.4, -0.2) is 37.0 Å². The molecule has 2 aromatic carbocycles. The van der Waals surface area contributed by atoms with Gasteiger partial charge >= 0.3 is 5.97 Å². The average molecular weight is 338 g/mol. The summed E-state index contributed by atoms with van der Waals surface area (Å²) < 4.78 is 10.6. The molecule has 0 spiro atoms. The standard InChI is InChI=1S/C19H18N2O4/c1-21(13-5-12-20)18(22)14-24-19(23)15-8-10-17(11-9-15)25-16-6-3-2-4-7-16/h2-4,6-11H,5,13-14H2,1H3. The Morgan fingerprint density at radius 3 is 2.32 bits per heavy atom. The Hall–Kier alpha value is -3.33. The first-order valence-electron chi connectivity index (χ1n) is 7.71. The van der Waals surface area contributed by atoms with Crippen LogP contribution in [0.25, 0.3) is 0 Å². The second-order valence-electron chi connectivity index (χ2n) is 5.24. The van der Waals surface area contributed by atoms with Gasteiger partial charge in [-0.2, -0.15) is 5.26 Å². The number of rotatable bonds is 7. The number of esters is 1. The smallest absolute Gasteiger partial charge is 0.338 e. The number of ether oxygens (including phenoxy) is 2. The average Bonchev–Trinajstić information content (AvgIpc) is 2.65. The molecule has 25 heavy (non-hydrogen) atoms. The van der Waals surface area contributed by atoms with Gasteiger partial charge in [-0.1, -0.05) is 18.2 Å². The first-order valence-corrected chi connectivity index (χ1v) is 7.71. The van der Waals surface area contributed by atoms with Crippen LogP contribution in [0.1, 0.15) is 16.8 Å². The molecule has 2 aromatic rings.